The van der Waals surface area contributed by atoms with Crippen molar-refractivity contribution >= 4 is 27.3 Å². The molecule has 2 rings (SSSR count). The molecule has 0 fully saturated rings. The lowest BCUT2D eigenvalue weighted by Crippen LogP contribution is -2.18. The molecule has 1 atom stereocenters. The van der Waals surface area contributed by atoms with E-state index in [-0.39, 0.29) is 11.9 Å². The van der Waals surface area contributed by atoms with Crippen LogP contribution < -0.4 is 5.32 Å². The van der Waals surface area contributed by atoms with E-state index in [9.17, 15) is 4.39 Å². The van der Waals surface area contributed by atoms with Gasteiger partial charge in [0.2, 0.25) is 0 Å². The number of aromatic nitrogens is 1. The van der Waals surface area contributed by atoms with E-state index in [4.69, 9.17) is 0 Å². The number of halogens is 2. The highest BCUT2D eigenvalue weighted by atomic mass is 79.9. The number of benzene rings is 1. The molecular formula is C13H14BrFN2S. The molecular weight excluding hydrogens is 315 g/mol. The predicted octanol–water partition coefficient (Wildman–Crippen LogP) is 3.86. The Kier molecular flexibility index (Phi) is 4.48. The van der Waals surface area contributed by atoms with E-state index in [0.717, 1.165) is 14.4 Å². The molecule has 0 amide bonds. The highest BCUT2D eigenvalue weighted by molar-refractivity contribution is 9.10. The first-order valence-corrected chi connectivity index (χ1v) is 7.24. The van der Waals surface area contributed by atoms with Gasteiger partial charge >= 0.3 is 0 Å². The molecule has 18 heavy (non-hydrogen) atoms. The predicted molar refractivity (Wildman–Crippen MR) is 76.5 cm³/mol. The summed E-state index contributed by atoms with van der Waals surface area (Å²) in [5, 5.41) is 4.24. The van der Waals surface area contributed by atoms with Crippen LogP contribution in [0.3, 0.4) is 0 Å². The van der Waals surface area contributed by atoms with Crippen LogP contribution in [0.4, 0.5) is 4.39 Å². The van der Waals surface area contributed by atoms with Gasteiger partial charge in [-0.3, -0.25) is 0 Å². The molecule has 5 heteroatoms. The van der Waals surface area contributed by atoms with Crippen LogP contribution in [0.25, 0.3) is 0 Å². The van der Waals surface area contributed by atoms with Gasteiger partial charge in [-0.2, -0.15) is 0 Å². The molecule has 0 aliphatic heterocycles. The van der Waals surface area contributed by atoms with Crippen LogP contribution in [0.15, 0.2) is 28.9 Å². The summed E-state index contributed by atoms with van der Waals surface area (Å²) in [5.74, 6) is -0.175. The molecule has 1 heterocycles. The van der Waals surface area contributed by atoms with Crippen LogP contribution in [0, 0.1) is 12.7 Å². The molecule has 1 unspecified atom stereocenters. The number of hydrogen-bond donors (Lipinski definition) is 1. The number of likely N-dealkylation sites (N-methyl/N-ethyl adjacent to an activating group) is 1. The Labute approximate surface area is 118 Å². The van der Waals surface area contributed by atoms with Gasteiger partial charge in [0.15, 0.2) is 0 Å². The Morgan fingerprint density at radius 3 is 2.83 bits per heavy atom. The number of nitrogens with zero attached hydrogens (tertiary/aromatic N) is 1. The third-order valence-electron chi connectivity index (χ3n) is 2.77. The molecule has 0 saturated carbocycles. The van der Waals surface area contributed by atoms with Crippen molar-refractivity contribution in [3.8, 4) is 0 Å². The average Bonchev–Trinajstić information content (AvgIpc) is 2.75. The summed E-state index contributed by atoms with van der Waals surface area (Å²) in [4.78, 5) is 5.38. The summed E-state index contributed by atoms with van der Waals surface area (Å²) in [6.07, 6.45) is 2.48. The molecule has 1 aromatic heterocycles. The van der Waals surface area contributed by atoms with Crippen molar-refractivity contribution in [2.45, 2.75) is 19.4 Å². The van der Waals surface area contributed by atoms with Crippen LogP contribution in [0.2, 0.25) is 0 Å². The van der Waals surface area contributed by atoms with E-state index in [1.54, 1.807) is 11.3 Å². The van der Waals surface area contributed by atoms with Gasteiger partial charge < -0.3 is 5.32 Å². The quantitative estimate of drug-likeness (QED) is 0.921. The maximum absolute atomic E-state index is 13.8. The molecule has 0 aliphatic rings. The van der Waals surface area contributed by atoms with Gasteiger partial charge in [0.25, 0.3) is 0 Å². The molecule has 2 nitrogen and oxygen atoms in total. The molecule has 1 N–H and O–H groups in total. The van der Waals surface area contributed by atoms with Gasteiger partial charge in [-0.25, -0.2) is 9.37 Å². The second-order valence-corrected chi connectivity index (χ2v) is 6.24. The molecule has 96 valence electrons. The van der Waals surface area contributed by atoms with Crippen LogP contribution in [0.1, 0.15) is 21.5 Å². The lowest BCUT2D eigenvalue weighted by atomic mass is 10.0. The van der Waals surface area contributed by atoms with E-state index >= 15 is 0 Å². The number of thiazole rings is 1. The fourth-order valence-corrected chi connectivity index (χ4v) is 3.02. The van der Waals surface area contributed by atoms with E-state index in [0.29, 0.717) is 12.0 Å². The zero-order valence-corrected chi connectivity index (χ0v) is 12.6. The highest BCUT2D eigenvalue weighted by Gasteiger charge is 2.15. The Morgan fingerprint density at radius 1 is 1.50 bits per heavy atom. The monoisotopic (exact) mass is 328 g/mol. The first-order chi connectivity index (χ1) is 8.60. The minimum atomic E-state index is -0.175. The summed E-state index contributed by atoms with van der Waals surface area (Å²) in [6, 6.07) is 5.28. The normalized spacial score (nSPS) is 12.7. The summed E-state index contributed by atoms with van der Waals surface area (Å²) >= 11 is 4.91. The van der Waals surface area contributed by atoms with Crippen molar-refractivity contribution in [2.75, 3.05) is 7.05 Å². The van der Waals surface area contributed by atoms with Gasteiger partial charge in [0.1, 0.15) is 5.82 Å². The summed E-state index contributed by atoms with van der Waals surface area (Å²) < 4.78 is 14.6. The fraction of sp³-hybridized carbons (Fsp3) is 0.308. The van der Waals surface area contributed by atoms with Crippen LogP contribution in [-0.4, -0.2) is 12.0 Å². The van der Waals surface area contributed by atoms with Gasteiger partial charge in [0.05, 0.1) is 5.01 Å². The van der Waals surface area contributed by atoms with E-state index < -0.39 is 0 Å². The largest absolute Gasteiger partial charge is 0.312 e. The van der Waals surface area contributed by atoms with Gasteiger partial charge in [-0.05, 0) is 38.1 Å². The molecule has 0 saturated heterocycles. The van der Waals surface area contributed by atoms with Gasteiger partial charge in [-0.15, -0.1) is 11.3 Å². The molecule has 1 aromatic carbocycles. The van der Waals surface area contributed by atoms with Crippen molar-refractivity contribution in [1.29, 1.82) is 0 Å². The lowest BCUT2D eigenvalue weighted by molar-refractivity contribution is 0.559. The molecule has 0 aliphatic carbocycles. The minimum Gasteiger partial charge on any atom is -0.312 e. The number of nitrogens with one attached hydrogen (secondary N) is 1. The van der Waals surface area contributed by atoms with Crippen LogP contribution in [0.5, 0.6) is 0 Å². The average molecular weight is 329 g/mol. The van der Waals surface area contributed by atoms with Crippen molar-refractivity contribution in [3.63, 3.8) is 0 Å². The standard InChI is InChI=1S/C13H14BrFN2S/c1-8-17-7-13(18-8)12(16-2)5-9-3-4-10(14)6-11(9)15/h3-4,6-7,12,16H,5H2,1-2H3. The number of hydrogen-bond acceptors (Lipinski definition) is 3. The van der Waals surface area contributed by atoms with Gasteiger partial charge in [-0.1, -0.05) is 22.0 Å². The molecule has 0 bridgehead atoms. The zero-order valence-electron chi connectivity index (χ0n) is 10.2. The smallest absolute Gasteiger partial charge is 0.127 e. The van der Waals surface area contributed by atoms with Crippen molar-refractivity contribution in [2.24, 2.45) is 0 Å². The summed E-state index contributed by atoms with van der Waals surface area (Å²) in [7, 11) is 1.89. The topological polar surface area (TPSA) is 24.9 Å². The Hall–Kier alpha value is -0.780. The first kappa shape index (κ1) is 13.6. The lowest BCUT2D eigenvalue weighted by Gasteiger charge is -2.14. The Bertz CT molecular complexity index is 542. The Morgan fingerprint density at radius 2 is 2.28 bits per heavy atom. The summed E-state index contributed by atoms with van der Waals surface area (Å²) in [6.45, 7) is 1.97. The van der Waals surface area contributed by atoms with E-state index in [1.165, 1.54) is 6.07 Å². The second kappa shape index (κ2) is 5.91. The Balaban J connectivity index is 2.20. The maximum atomic E-state index is 13.8. The first-order valence-electron chi connectivity index (χ1n) is 5.63. The minimum absolute atomic E-state index is 0.104. The molecule has 2 aromatic rings. The zero-order chi connectivity index (χ0) is 13.1. The van der Waals surface area contributed by atoms with Gasteiger partial charge in [0, 0.05) is 21.6 Å². The van der Waals surface area contributed by atoms with E-state index in [1.807, 2.05) is 32.3 Å². The van der Waals surface area contributed by atoms with Crippen molar-refractivity contribution in [3.05, 3.63) is 50.1 Å². The van der Waals surface area contributed by atoms with Crippen molar-refractivity contribution < 1.29 is 4.39 Å². The third kappa shape index (κ3) is 3.16. The van der Waals surface area contributed by atoms with Crippen molar-refractivity contribution in [1.82, 2.24) is 10.3 Å². The van der Waals surface area contributed by atoms with Crippen LogP contribution in [-0.2, 0) is 6.42 Å². The second-order valence-electron chi connectivity index (χ2n) is 4.06. The third-order valence-corrected chi connectivity index (χ3v) is 4.29. The summed E-state index contributed by atoms with van der Waals surface area (Å²) in [5.41, 5.74) is 0.712. The van der Waals surface area contributed by atoms with E-state index in [2.05, 4.69) is 26.2 Å². The SMILES string of the molecule is CNC(Cc1ccc(Br)cc1F)c1cnc(C)s1. The number of rotatable bonds is 4. The molecule has 0 spiro atoms. The maximum Gasteiger partial charge on any atom is 0.127 e. The number of aryl methyl sites for hydroxylation is 1. The highest BCUT2D eigenvalue weighted by Crippen LogP contribution is 2.25. The fourth-order valence-electron chi connectivity index (χ4n) is 1.79. The molecule has 0 radical (unpaired) electrons. The van der Waals surface area contributed by atoms with Crippen LogP contribution >= 0.6 is 27.3 Å².